The van der Waals surface area contributed by atoms with E-state index < -0.39 is 18.1 Å². The molecule has 1 aromatic carbocycles. The predicted octanol–water partition coefficient (Wildman–Crippen LogP) is 1.29. The number of nitrogens with two attached hydrogens (primary N) is 1. The summed E-state index contributed by atoms with van der Waals surface area (Å²) in [6, 6.07) is 7.92. The first-order chi connectivity index (χ1) is 14.0. The molecular formula is C20H25ClN4O4S. The quantitative estimate of drug-likeness (QED) is 0.583. The highest BCUT2D eigenvalue weighted by molar-refractivity contribution is 7.07. The Morgan fingerprint density at radius 2 is 2.07 bits per heavy atom. The van der Waals surface area contributed by atoms with Crippen LogP contribution in [0.25, 0.3) is 0 Å². The summed E-state index contributed by atoms with van der Waals surface area (Å²) in [5.41, 5.74) is 9.36. The number of amides is 2. The number of carbonyl (C=O) groups is 3. The number of nitrogens with one attached hydrogen (secondary N) is 1. The number of benzene rings is 1. The highest BCUT2D eigenvalue weighted by Crippen LogP contribution is 2.19. The molecule has 2 heterocycles. The average molecular weight is 453 g/mol. The lowest BCUT2D eigenvalue weighted by molar-refractivity contribution is -0.146. The van der Waals surface area contributed by atoms with Crippen molar-refractivity contribution in [2.24, 2.45) is 5.73 Å². The van der Waals surface area contributed by atoms with Crippen LogP contribution in [0.2, 0.25) is 0 Å². The summed E-state index contributed by atoms with van der Waals surface area (Å²) in [4.78, 5) is 42.7. The van der Waals surface area contributed by atoms with Crippen molar-refractivity contribution >= 4 is 41.5 Å². The van der Waals surface area contributed by atoms with Gasteiger partial charge in [-0.25, -0.2) is 4.98 Å². The number of esters is 1. The Bertz CT molecular complexity index is 835. The van der Waals surface area contributed by atoms with Crippen LogP contribution in [0.4, 0.5) is 0 Å². The van der Waals surface area contributed by atoms with Crippen LogP contribution in [0.1, 0.15) is 24.1 Å². The molecule has 1 aromatic heterocycles. The summed E-state index contributed by atoms with van der Waals surface area (Å²) in [6.45, 7) is 0.379. The number of rotatable bonds is 8. The van der Waals surface area contributed by atoms with E-state index in [1.54, 1.807) is 5.51 Å². The monoisotopic (exact) mass is 452 g/mol. The zero-order valence-electron chi connectivity index (χ0n) is 16.4. The van der Waals surface area contributed by atoms with Gasteiger partial charge in [-0.05, 0) is 18.4 Å². The highest BCUT2D eigenvalue weighted by atomic mass is 35.5. The zero-order valence-corrected chi connectivity index (χ0v) is 18.0. The van der Waals surface area contributed by atoms with Crippen molar-refractivity contribution in [2.75, 3.05) is 13.1 Å². The molecule has 2 aromatic rings. The van der Waals surface area contributed by atoms with Crippen molar-refractivity contribution in [1.29, 1.82) is 0 Å². The molecule has 3 rings (SSSR count). The highest BCUT2D eigenvalue weighted by Gasteiger charge is 2.36. The normalized spacial score (nSPS) is 16.4. The Hall–Kier alpha value is -2.49. The molecule has 2 amide bonds. The fraction of sp³-hybridized carbons (Fsp3) is 0.400. The summed E-state index contributed by atoms with van der Waals surface area (Å²) < 4.78 is 5.15. The third-order valence-electron chi connectivity index (χ3n) is 4.72. The molecular weight excluding hydrogens is 428 g/mol. The van der Waals surface area contributed by atoms with Gasteiger partial charge in [-0.2, -0.15) is 0 Å². The molecule has 2 atom stereocenters. The Balaban J connectivity index is 0.00000320. The van der Waals surface area contributed by atoms with E-state index in [4.69, 9.17) is 10.5 Å². The first-order valence-electron chi connectivity index (χ1n) is 9.45. The van der Waals surface area contributed by atoms with Crippen LogP contribution in [0.15, 0.2) is 41.2 Å². The summed E-state index contributed by atoms with van der Waals surface area (Å²) >= 11 is 1.44. The van der Waals surface area contributed by atoms with Crippen LogP contribution < -0.4 is 11.1 Å². The molecule has 1 aliphatic heterocycles. The molecule has 0 bridgehead atoms. The van der Waals surface area contributed by atoms with Crippen molar-refractivity contribution in [3.05, 3.63) is 52.5 Å². The van der Waals surface area contributed by atoms with Crippen LogP contribution in [0.3, 0.4) is 0 Å². The van der Waals surface area contributed by atoms with Gasteiger partial charge < -0.3 is 20.7 Å². The van der Waals surface area contributed by atoms with Gasteiger partial charge in [-0.15, -0.1) is 23.7 Å². The largest absolute Gasteiger partial charge is 0.460 e. The van der Waals surface area contributed by atoms with Gasteiger partial charge in [0.05, 0.1) is 17.2 Å². The molecule has 1 fully saturated rings. The van der Waals surface area contributed by atoms with Crippen molar-refractivity contribution in [2.45, 2.75) is 38.0 Å². The number of thiazole rings is 1. The van der Waals surface area contributed by atoms with Gasteiger partial charge in [-0.3, -0.25) is 14.4 Å². The SMILES string of the molecule is Cl.N[C@@H](Cc1cscn1)C(=O)N1CCC[C@H]1C(=O)NCC(=O)OCc1ccccc1. The van der Waals surface area contributed by atoms with Crippen molar-refractivity contribution in [3.8, 4) is 0 Å². The van der Waals surface area contributed by atoms with Crippen LogP contribution in [-0.2, 0) is 32.1 Å². The molecule has 0 spiro atoms. The van der Waals surface area contributed by atoms with Gasteiger partial charge in [-0.1, -0.05) is 30.3 Å². The molecule has 1 aliphatic rings. The maximum absolute atomic E-state index is 12.7. The molecule has 0 saturated carbocycles. The number of halogens is 1. The maximum Gasteiger partial charge on any atom is 0.325 e. The Labute approximate surface area is 185 Å². The van der Waals surface area contributed by atoms with Crippen LogP contribution in [-0.4, -0.2) is 52.8 Å². The smallest absolute Gasteiger partial charge is 0.325 e. The third kappa shape index (κ3) is 6.51. The van der Waals surface area contributed by atoms with E-state index >= 15 is 0 Å². The Kier molecular flexibility index (Phi) is 9.22. The summed E-state index contributed by atoms with van der Waals surface area (Å²) in [6.07, 6.45) is 1.59. The minimum atomic E-state index is -0.749. The van der Waals surface area contributed by atoms with E-state index in [1.165, 1.54) is 16.2 Å². The summed E-state index contributed by atoms with van der Waals surface area (Å²) in [7, 11) is 0. The van der Waals surface area contributed by atoms with Crippen molar-refractivity contribution < 1.29 is 19.1 Å². The number of carbonyl (C=O) groups excluding carboxylic acids is 3. The minimum Gasteiger partial charge on any atom is -0.460 e. The van der Waals surface area contributed by atoms with Crippen LogP contribution in [0, 0.1) is 0 Å². The van der Waals surface area contributed by atoms with Gasteiger partial charge in [0.1, 0.15) is 19.2 Å². The molecule has 0 radical (unpaired) electrons. The van der Waals surface area contributed by atoms with E-state index in [0.717, 1.165) is 11.3 Å². The molecule has 3 N–H and O–H groups in total. The number of hydrogen-bond acceptors (Lipinski definition) is 7. The first kappa shape index (κ1) is 23.8. The molecule has 30 heavy (non-hydrogen) atoms. The number of hydrogen-bond donors (Lipinski definition) is 2. The second-order valence-corrected chi connectivity index (χ2v) is 7.56. The standard InChI is InChI=1S/C20H24N4O4S.ClH/c21-16(9-15-12-29-13-23-15)20(27)24-8-4-7-17(24)19(26)22-10-18(25)28-11-14-5-2-1-3-6-14;/h1-3,5-6,12-13,16-17H,4,7-11,21H2,(H,22,26);1H/t16-,17-;/m0./s1. The van der Waals surface area contributed by atoms with Gasteiger partial charge in [0, 0.05) is 18.3 Å². The van der Waals surface area contributed by atoms with E-state index in [0.29, 0.717) is 25.8 Å². The average Bonchev–Trinajstić information content (AvgIpc) is 3.42. The second-order valence-electron chi connectivity index (χ2n) is 6.84. The zero-order chi connectivity index (χ0) is 20.6. The van der Waals surface area contributed by atoms with Gasteiger partial charge in [0.2, 0.25) is 11.8 Å². The fourth-order valence-corrected chi connectivity index (χ4v) is 3.80. The summed E-state index contributed by atoms with van der Waals surface area (Å²) in [5, 5.41) is 4.42. The Morgan fingerprint density at radius 1 is 1.30 bits per heavy atom. The molecule has 0 unspecified atom stereocenters. The first-order valence-corrected chi connectivity index (χ1v) is 10.4. The van der Waals surface area contributed by atoms with E-state index in [1.807, 2.05) is 35.7 Å². The van der Waals surface area contributed by atoms with Gasteiger partial charge in [0.25, 0.3) is 0 Å². The number of nitrogens with zero attached hydrogens (tertiary/aromatic N) is 2. The fourth-order valence-electron chi connectivity index (χ4n) is 3.23. The molecule has 8 nitrogen and oxygen atoms in total. The molecule has 10 heteroatoms. The van der Waals surface area contributed by atoms with Crippen molar-refractivity contribution in [3.63, 3.8) is 0 Å². The maximum atomic E-state index is 12.7. The van der Waals surface area contributed by atoms with Crippen LogP contribution in [0.5, 0.6) is 0 Å². The van der Waals surface area contributed by atoms with Gasteiger partial charge >= 0.3 is 5.97 Å². The molecule has 162 valence electrons. The molecule has 1 saturated heterocycles. The van der Waals surface area contributed by atoms with E-state index in [9.17, 15) is 14.4 Å². The van der Waals surface area contributed by atoms with E-state index in [2.05, 4.69) is 10.3 Å². The number of aromatic nitrogens is 1. The summed E-state index contributed by atoms with van der Waals surface area (Å²) in [5.74, 6) is -1.17. The predicted molar refractivity (Wildman–Crippen MR) is 115 cm³/mol. The number of likely N-dealkylation sites (tertiary alicyclic amines) is 1. The Morgan fingerprint density at radius 3 is 2.77 bits per heavy atom. The second kappa shape index (κ2) is 11.6. The topological polar surface area (TPSA) is 115 Å². The lowest BCUT2D eigenvalue weighted by atomic mass is 10.1. The number of ether oxygens (including phenoxy) is 1. The molecule has 0 aliphatic carbocycles. The van der Waals surface area contributed by atoms with Crippen molar-refractivity contribution in [1.82, 2.24) is 15.2 Å². The minimum absolute atomic E-state index is 0. The van der Waals surface area contributed by atoms with E-state index in [-0.39, 0.29) is 37.4 Å². The third-order valence-corrected chi connectivity index (χ3v) is 5.35. The lowest BCUT2D eigenvalue weighted by Gasteiger charge is -2.26. The van der Waals surface area contributed by atoms with Gasteiger partial charge in [0.15, 0.2) is 0 Å². The lowest BCUT2D eigenvalue weighted by Crippen LogP contribution is -2.52. The van der Waals surface area contributed by atoms with Crippen LogP contribution >= 0.6 is 23.7 Å².